The van der Waals surface area contributed by atoms with Crippen LogP contribution < -0.4 is 5.73 Å². The number of amidine groups is 1. The van der Waals surface area contributed by atoms with Crippen molar-refractivity contribution >= 4 is 17.6 Å². The molecule has 0 saturated carbocycles. The number of amides is 2. The van der Waals surface area contributed by atoms with Crippen LogP contribution in [0, 0.1) is 0 Å². The van der Waals surface area contributed by atoms with E-state index in [2.05, 4.69) is 4.99 Å². The van der Waals surface area contributed by atoms with Gasteiger partial charge < -0.3 is 5.73 Å². The highest BCUT2D eigenvalue weighted by Gasteiger charge is 2.31. The Bertz CT molecular complexity index is 286. The van der Waals surface area contributed by atoms with Gasteiger partial charge in [0.15, 0.2) is 0 Å². The van der Waals surface area contributed by atoms with Crippen LogP contribution in [0.15, 0.2) is 4.99 Å². The van der Waals surface area contributed by atoms with Gasteiger partial charge in [-0.05, 0) is 6.42 Å². The molecule has 0 spiro atoms. The lowest BCUT2D eigenvalue weighted by Gasteiger charge is -2.25. The van der Waals surface area contributed by atoms with E-state index >= 15 is 0 Å². The topological polar surface area (TPSA) is 75.8 Å². The van der Waals surface area contributed by atoms with Crippen molar-refractivity contribution in [1.82, 2.24) is 4.90 Å². The first kappa shape index (κ1) is 10.7. The van der Waals surface area contributed by atoms with Crippen LogP contribution in [0.1, 0.15) is 26.2 Å². The third-order valence-electron chi connectivity index (χ3n) is 2.31. The number of rotatable bonds is 2. The molecule has 1 atom stereocenters. The predicted octanol–water partition coefficient (Wildman–Crippen LogP) is -0.0990. The number of nitrogens with zero attached hydrogens (tertiary/aromatic N) is 2. The number of likely N-dealkylation sites (tertiary alicyclic amines) is 1. The molecule has 1 heterocycles. The summed E-state index contributed by atoms with van der Waals surface area (Å²) in [6.07, 6.45) is 1.47. The first-order chi connectivity index (χ1) is 6.56. The lowest BCUT2D eigenvalue weighted by Crippen LogP contribution is -2.45. The molecule has 0 aromatic rings. The number of carbonyl (C=O) groups is 2. The molecule has 1 rings (SSSR count). The van der Waals surface area contributed by atoms with Crippen LogP contribution in [0.5, 0.6) is 0 Å². The van der Waals surface area contributed by atoms with Gasteiger partial charge in [0, 0.05) is 19.9 Å². The molecule has 5 heteroatoms. The van der Waals surface area contributed by atoms with Gasteiger partial charge in [0.05, 0.1) is 5.84 Å². The molecule has 0 aromatic heterocycles. The Kier molecular flexibility index (Phi) is 3.22. The molecule has 1 saturated heterocycles. The zero-order valence-corrected chi connectivity index (χ0v) is 8.49. The second kappa shape index (κ2) is 4.21. The number of piperidine rings is 1. The Balaban J connectivity index is 2.74. The maximum atomic E-state index is 11.5. The number of hydrogen-bond acceptors (Lipinski definition) is 3. The van der Waals surface area contributed by atoms with E-state index in [1.807, 2.05) is 6.92 Å². The number of aliphatic imine (C=N–C) groups is 1. The van der Waals surface area contributed by atoms with Crippen LogP contribution in [0.3, 0.4) is 0 Å². The Morgan fingerprint density at radius 2 is 2.29 bits per heavy atom. The van der Waals surface area contributed by atoms with E-state index in [0.29, 0.717) is 25.1 Å². The van der Waals surface area contributed by atoms with Crippen molar-refractivity contribution in [1.29, 1.82) is 0 Å². The summed E-state index contributed by atoms with van der Waals surface area (Å²) < 4.78 is 0. The molecule has 0 aliphatic carbocycles. The summed E-state index contributed by atoms with van der Waals surface area (Å²) in [6, 6.07) is -0.461. The van der Waals surface area contributed by atoms with Gasteiger partial charge in [-0.15, -0.1) is 0 Å². The van der Waals surface area contributed by atoms with Crippen LogP contribution in [-0.4, -0.2) is 35.6 Å². The van der Waals surface area contributed by atoms with Crippen molar-refractivity contribution in [2.24, 2.45) is 10.7 Å². The fourth-order valence-corrected chi connectivity index (χ4v) is 1.31. The summed E-state index contributed by atoms with van der Waals surface area (Å²) >= 11 is 0. The smallest absolute Gasteiger partial charge is 0.253 e. The second-order valence-corrected chi connectivity index (χ2v) is 3.32. The summed E-state index contributed by atoms with van der Waals surface area (Å²) in [4.78, 5) is 27.9. The minimum atomic E-state index is -0.461. The number of likely N-dealkylation sites (N-methyl/N-ethyl adjacent to an activating group) is 1. The third kappa shape index (κ3) is 2.10. The number of imide groups is 1. The van der Waals surface area contributed by atoms with Crippen LogP contribution in [-0.2, 0) is 9.59 Å². The molecule has 14 heavy (non-hydrogen) atoms. The van der Waals surface area contributed by atoms with E-state index in [1.54, 1.807) is 0 Å². The number of nitrogens with two attached hydrogens (primary N) is 1. The summed E-state index contributed by atoms with van der Waals surface area (Å²) in [5, 5.41) is 0. The fraction of sp³-hybridized carbons (Fsp3) is 0.667. The molecule has 0 bridgehead atoms. The monoisotopic (exact) mass is 197 g/mol. The van der Waals surface area contributed by atoms with Gasteiger partial charge in [-0.3, -0.25) is 19.5 Å². The summed E-state index contributed by atoms with van der Waals surface area (Å²) in [7, 11) is 1.48. The molecule has 2 amide bonds. The van der Waals surface area contributed by atoms with E-state index in [4.69, 9.17) is 5.73 Å². The quantitative estimate of drug-likeness (QED) is 0.381. The van der Waals surface area contributed by atoms with Gasteiger partial charge >= 0.3 is 0 Å². The molecule has 2 N–H and O–H groups in total. The lowest BCUT2D eigenvalue weighted by molar-refractivity contribution is -0.147. The molecule has 78 valence electrons. The average molecular weight is 197 g/mol. The highest BCUT2D eigenvalue weighted by molar-refractivity contribution is 6.01. The van der Waals surface area contributed by atoms with Crippen molar-refractivity contribution in [3.05, 3.63) is 0 Å². The molecular formula is C9H15N3O2. The molecule has 1 aliphatic heterocycles. The van der Waals surface area contributed by atoms with Crippen molar-refractivity contribution in [3.63, 3.8) is 0 Å². The molecule has 0 radical (unpaired) electrons. The van der Waals surface area contributed by atoms with E-state index in [9.17, 15) is 9.59 Å². The van der Waals surface area contributed by atoms with Gasteiger partial charge in [-0.2, -0.15) is 0 Å². The minimum absolute atomic E-state index is 0.142. The third-order valence-corrected chi connectivity index (χ3v) is 2.31. The maximum absolute atomic E-state index is 11.5. The Morgan fingerprint density at radius 3 is 2.86 bits per heavy atom. The fourth-order valence-electron chi connectivity index (χ4n) is 1.31. The Labute approximate surface area is 83.0 Å². The summed E-state index contributed by atoms with van der Waals surface area (Å²) in [6.45, 7) is 1.88. The van der Waals surface area contributed by atoms with Gasteiger partial charge in [-0.1, -0.05) is 6.92 Å². The highest BCUT2D eigenvalue weighted by Crippen LogP contribution is 2.14. The van der Waals surface area contributed by atoms with Crippen LogP contribution >= 0.6 is 0 Å². The summed E-state index contributed by atoms with van der Waals surface area (Å²) in [5.74, 6) is 0.0697. The van der Waals surface area contributed by atoms with Gasteiger partial charge in [0.1, 0.15) is 6.04 Å². The van der Waals surface area contributed by atoms with Gasteiger partial charge in [0.2, 0.25) is 5.91 Å². The zero-order valence-electron chi connectivity index (χ0n) is 8.49. The normalized spacial score (nSPS) is 24.3. The Morgan fingerprint density at radius 1 is 1.64 bits per heavy atom. The standard InChI is InChI=1S/C9H15N3O2/c1-3-7(10)11-6-4-5-8(13)12(2)9(6)14/h6H,3-5H2,1-2H3,(H2,10,11). The molecule has 1 unspecified atom stereocenters. The highest BCUT2D eigenvalue weighted by atomic mass is 16.2. The van der Waals surface area contributed by atoms with Crippen molar-refractivity contribution in [2.45, 2.75) is 32.2 Å². The molecule has 0 aromatic carbocycles. The van der Waals surface area contributed by atoms with E-state index in [-0.39, 0.29) is 11.8 Å². The summed E-state index contributed by atoms with van der Waals surface area (Å²) in [5.41, 5.74) is 5.54. The first-order valence-corrected chi connectivity index (χ1v) is 4.68. The molecule has 1 fully saturated rings. The Hall–Kier alpha value is -1.39. The van der Waals surface area contributed by atoms with E-state index in [1.165, 1.54) is 7.05 Å². The SMILES string of the molecule is CCC(N)=NC1CCC(=O)N(C)C1=O. The predicted molar refractivity (Wildman–Crippen MR) is 52.7 cm³/mol. The van der Waals surface area contributed by atoms with E-state index < -0.39 is 6.04 Å². The average Bonchev–Trinajstić information content (AvgIpc) is 2.19. The number of carbonyl (C=O) groups excluding carboxylic acids is 2. The second-order valence-electron chi connectivity index (χ2n) is 3.32. The zero-order chi connectivity index (χ0) is 10.7. The lowest BCUT2D eigenvalue weighted by atomic mass is 10.1. The van der Waals surface area contributed by atoms with Crippen LogP contribution in [0.2, 0.25) is 0 Å². The molecular weight excluding hydrogens is 182 g/mol. The number of hydrogen-bond donors (Lipinski definition) is 1. The molecule has 1 aliphatic rings. The van der Waals surface area contributed by atoms with Gasteiger partial charge in [-0.25, -0.2) is 0 Å². The van der Waals surface area contributed by atoms with Crippen LogP contribution in [0.4, 0.5) is 0 Å². The van der Waals surface area contributed by atoms with Crippen LogP contribution in [0.25, 0.3) is 0 Å². The van der Waals surface area contributed by atoms with E-state index in [0.717, 1.165) is 4.90 Å². The van der Waals surface area contributed by atoms with Gasteiger partial charge in [0.25, 0.3) is 5.91 Å². The van der Waals surface area contributed by atoms with Crippen molar-refractivity contribution in [3.8, 4) is 0 Å². The maximum Gasteiger partial charge on any atom is 0.253 e. The van der Waals surface area contributed by atoms with Crippen molar-refractivity contribution < 1.29 is 9.59 Å². The minimum Gasteiger partial charge on any atom is -0.387 e. The first-order valence-electron chi connectivity index (χ1n) is 4.68. The largest absolute Gasteiger partial charge is 0.387 e. The van der Waals surface area contributed by atoms with Crippen molar-refractivity contribution in [2.75, 3.05) is 7.05 Å². The molecule has 5 nitrogen and oxygen atoms in total.